The van der Waals surface area contributed by atoms with Gasteiger partial charge in [0.1, 0.15) is 27.5 Å². The Morgan fingerprint density at radius 2 is 1.82 bits per heavy atom. The number of halogens is 1. The lowest BCUT2D eigenvalue weighted by atomic mass is 10.2. The van der Waals surface area contributed by atoms with Gasteiger partial charge in [-0.15, -0.1) is 0 Å². The van der Waals surface area contributed by atoms with Gasteiger partial charge in [-0.2, -0.15) is 0 Å². The summed E-state index contributed by atoms with van der Waals surface area (Å²) < 4.78 is 25.3. The van der Waals surface area contributed by atoms with E-state index in [0.717, 1.165) is 4.70 Å². The summed E-state index contributed by atoms with van der Waals surface area (Å²) in [4.78, 5) is 21.3. The highest BCUT2D eigenvalue weighted by Gasteiger charge is 2.24. The van der Waals surface area contributed by atoms with Crippen molar-refractivity contribution >= 4 is 32.6 Å². The number of rotatable bonds is 7. The average Bonchev–Trinajstić information content (AvgIpc) is 3.12. The maximum atomic E-state index is 13.6. The minimum absolute atomic E-state index is 0.275. The number of aromatic nitrogens is 1. The second kappa shape index (κ2) is 8.53. The van der Waals surface area contributed by atoms with E-state index < -0.39 is 5.82 Å². The SMILES string of the molecule is COc1ccc(OC)c2sc(N(CCN(C)C)C(=O)c3cccc(F)c3)nc12. The van der Waals surface area contributed by atoms with Crippen LogP contribution in [-0.2, 0) is 0 Å². The van der Waals surface area contributed by atoms with Crippen molar-refractivity contribution in [2.75, 3.05) is 46.3 Å². The van der Waals surface area contributed by atoms with E-state index in [4.69, 9.17) is 9.47 Å². The lowest BCUT2D eigenvalue weighted by Gasteiger charge is -2.22. The van der Waals surface area contributed by atoms with Gasteiger partial charge in [0.05, 0.1) is 14.2 Å². The average molecular weight is 403 g/mol. The molecule has 0 aliphatic rings. The molecule has 0 radical (unpaired) electrons. The first-order chi connectivity index (χ1) is 13.4. The highest BCUT2D eigenvalue weighted by molar-refractivity contribution is 7.22. The Kier molecular flexibility index (Phi) is 6.11. The monoisotopic (exact) mass is 403 g/mol. The predicted octanol–water partition coefficient (Wildman–Crippen LogP) is 3.66. The van der Waals surface area contributed by atoms with Crippen LogP contribution in [0.3, 0.4) is 0 Å². The van der Waals surface area contributed by atoms with E-state index in [1.165, 1.54) is 29.5 Å². The number of methoxy groups -OCH3 is 2. The number of thiazole rings is 1. The number of carbonyl (C=O) groups is 1. The number of carbonyl (C=O) groups excluding carboxylic acids is 1. The largest absolute Gasteiger partial charge is 0.495 e. The fraction of sp³-hybridized carbons (Fsp3) is 0.300. The van der Waals surface area contributed by atoms with Crippen LogP contribution in [0.2, 0.25) is 0 Å². The fourth-order valence-electron chi connectivity index (χ4n) is 2.75. The Balaban J connectivity index is 2.08. The number of hydrogen-bond acceptors (Lipinski definition) is 6. The van der Waals surface area contributed by atoms with Crippen molar-refractivity contribution < 1.29 is 18.7 Å². The zero-order valence-corrected chi connectivity index (χ0v) is 17.0. The van der Waals surface area contributed by atoms with E-state index in [-0.39, 0.29) is 11.5 Å². The van der Waals surface area contributed by atoms with Crippen molar-refractivity contribution in [2.24, 2.45) is 0 Å². The van der Waals surface area contributed by atoms with Gasteiger partial charge in [0.15, 0.2) is 5.13 Å². The molecular weight excluding hydrogens is 381 g/mol. The molecule has 3 aromatic rings. The van der Waals surface area contributed by atoms with E-state index in [9.17, 15) is 9.18 Å². The molecule has 28 heavy (non-hydrogen) atoms. The van der Waals surface area contributed by atoms with Crippen molar-refractivity contribution in [3.05, 3.63) is 47.8 Å². The van der Waals surface area contributed by atoms with Crippen LogP contribution in [0.5, 0.6) is 11.5 Å². The van der Waals surface area contributed by atoms with Crippen molar-refractivity contribution in [3.63, 3.8) is 0 Å². The molecule has 0 unspecified atom stereocenters. The quantitative estimate of drug-likeness (QED) is 0.603. The fourth-order valence-corrected chi connectivity index (χ4v) is 3.85. The number of likely N-dealkylation sites (N-methyl/N-ethyl adjacent to an activating group) is 1. The summed E-state index contributed by atoms with van der Waals surface area (Å²) in [6, 6.07) is 9.26. The van der Waals surface area contributed by atoms with Crippen LogP contribution in [0, 0.1) is 5.82 Å². The second-order valence-corrected chi connectivity index (χ2v) is 7.39. The summed E-state index contributed by atoms with van der Waals surface area (Å²) in [5.74, 6) is 0.499. The highest BCUT2D eigenvalue weighted by Crippen LogP contribution is 2.40. The molecule has 3 rings (SSSR count). The molecule has 2 aromatic carbocycles. The molecule has 8 heteroatoms. The van der Waals surface area contributed by atoms with Crippen molar-refractivity contribution in [1.82, 2.24) is 9.88 Å². The molecule has 0 bridgehead atoms. The van der Waals surface area contributed by atoms with Crippen LogP contribution >= 0.6 is 11.3 Å². The molecule has 0 atom stereocenters. The van der Waals surface area contributed by atoms with E-state index in [1.807, 2.05) is 25.1 Å². The molecule has 1 amide bonds. The molecule has 0 aliphatic carbocycles. The van der Waals surface area contributed by atoms with Crippen LogP contribution < -0.4 is 14.4 Å². The summed E-state index contributed by atoms with van der Waals surface area (Å²) in [7, 11) is 7.01. The Hall–Kier alpha value is -2.71. The molecule has 6 nitrogen and oxygen atoms in total. The maximum Gasteiger partial charge on any atom is 0.260 e. The predicted molar refractivity (Wildman–Crippen MR) is 109 cm³/mol. The summed E-state index contributed by atoms with van der Waals surface area (Å²) in [5, 5.41) is 0.508. The van der Waals surface area contributed by atoms with Gasteiger partial charge in [-0.3, -0.25) is 9.69 Å². The van der Waals surface area contributed by atoms with Crippen LogP contribution in [0.25, 0.3) is 10.2 Å². The Bertz CT molecular complexity index is 949. The number of amides is 1. The molecule has 0 fully saturated rings. The molecule has 0 spiro atoms. The molecule has 0 N–H and O–H groups in total. The lowest BCUT2D eigenvalue weighted by molar-refractivity contribution is 0.0984. The first kappa shape index (κ1) is 20.0. The molecule has 0 aliphatic heterocycles. The van der Waals surface area contributed by atoms with Crippen molar-refractivity contribution in [3.8, 4) is 11.5 Å². The molecule has 148 valence electrons. The van der Waals surface area contributed by atoms with Crippen molar-refractivity contribution in [2.45, 2.75) is 0 Å². The maximum absolute atomic E-state index is 13.6. The third kappa shape index (κ3) is 4.07. The topological polar surface area (TPSA) is 54.9 Å². The lowest BCUT2D eigenvalue weighted by Crippen LogP contribution is -2.36. The van der Waals surface area contributed by atoms with Gasteiger partial charge in [-0.1, -0.05) is 17.4 Å². The molecular formula is C20H22FN3O3S. The summed E-state index contributed by atoms with van der Waals surface area (Å²) in [6.45, 7) is 1.04. The number of fused-ring (bicyclic) bond motifs is 1. The van der Waals surface area contributed by atoms with Gasteiger partial charge in [0.25, 0.3) is 5.91 Å². The number of anilines is 1. The van der Waals surface area contributed by atoms with Gasteiger partial charge >= 0.3 is 0 Å². The number of nitrogens with zero attached hydrogens (tertiary/aromatic N) is 3. The first-order valence-corrected chi connectivity index (χ1v) is 9.50. The van der Waals surface area contributed by atoms with Crippen LogP contribution in [0.1, 0.15) is 10.4 Å². The third-order valence-electron chi connectivity index (χ3n) is 4.22. The normalized spacial score (nSPS) is 11.1. The molecule has 0 saturated carbocycles. The second-order valence-electron chi connectivity index (χ2n) is 6.41. The Morgan fingerprint density at radius 1 is 1.11 bits per heavy atom. The summed E-state index contributed by atoms with van der Waals surface area (Å²) in [5.41, 5.74) is 0.903. The molecule has 0 saturated heterocycles. The van der Waals surface area contributed by atoms with Crippen LogP contribution in [-0.4, -0.2) is 57.2 Å². The van der Waals surface area contributed by atoms with Crippen molar-refractivity contribution in [1.29, 1.82) is 0 Å². The highest BCUT2D eigenvalue weighted by atomic mass is 32.1. The molecule has 1 heterocycles. The standard InChI is InChI=1S/C20H22FN3O3S/c1-23(2)10-11-24(19(25)13-6-5-7-14(21)12-13)20-22-17-15(26-3)8-9-16(27-4)18(17)28-20/h5-9,12H,10-11H2,1-4H3. The van der Waals surface area contributed by atoms with E-state index >= 15 is 0 Å². The van der Waals surface area contributed by atoms with Gasteiger partial charge in [0.2, 0.25) is 0 Å². The zero-order valence-electron chi connectivity index (χ0n) is 16.2. The van der Waals surface area contributed by atoms with Gasteiger partial charge < -0.3 is 14.4 Å². The summed E-state index contributed by atoms with van der Waals surface area (Å²) >= 11 is 1.34. The Labute approximate surface area is 167 Å². The smallest absolute Gasteiger partial charge is 0.260 e. The van der Waals surface area contributed by atoms with E-state index in [1.54, 1.807) is 31.3 Å². The Morgan fingerprint density at radius 3 is 2.46 bits per heavy atom. The van der Waals surface area contributed by atoms with Gasteiger partial charge in [-0.05, 0) is 44.4 Å². The molecule has 1 aromatic heterocycles. The van der Waals surface area contributed by atoms with E-state index in [0.29, 0.717) is 35.2 Å². The van der Waals surface area contributed by atoms with Crippen LogP contribution in [0.4, 0.5) is 9.52 Å². The zero-order chi connectivity index (χ0) is 20.3. The first-order valence-electron chi connectivity index (χ1n) is 8.68. The minimum atomic E-state index is -0.453. The number of benzene rings is 2. The van der Waals surface area contributed by atoms with Gasteiger partial charge in [0, 0.05) is 18.7 Å². The van der Waals surface area contributed by atoms with E-state index in [2.05, 4.69) is 4.98 Å². The number of ether oxygens (including phenoxy) is 2. The third-order valence-corrected chi connectivity index (χ3v) is 5.31. The summed E-state index contributed by atoms with van der Waals surface area (Å²) in [6.07, 6.45) is 0. The minimum Gasteiger partial charge on any atom is -0.495 e. The van der Waals surface area contributed by atoms with Crippen LogP contribution in [0.15, 0.2) is 36.4 Å². The number of hydrogen-bond donors (Lipinski definition) is 0. The van der Waals surface area contributed by atoms with Gasteiger partial charge in [-0.25, -0.2) is 9.37 Å².